The lowest BCUT2D eigenvalue weighted by molar-refractivity contribution is 0.0765. The molecule has 0 bridgehead atoms. The molecule has 2 saturated heterocycles. The van der Waals surface area contributed by atoms with E-state index in [9.17, 15) is 18.4 Å². The van der Waals surface area contributed by atoms with Crippen LogP contribution in [0.4, 0.5) is 8.78 Å². The lowest BCUT2D eigenvalue weighted by Crippen LogP contribution is -2.37. The normalized spacial score (nSPS) is 20.9. The average molecular weight is 402 g/mol. The number of halogens is 2. The summed E-state index contributed by atoms with van der Waals surface area (Å²) >= 11 is 0. The van der Waals surface area contributed by atoms with Gasteiger partial charge >= 0.3 is 0 Å². The van der Waals surface area contributed by atoms with Crippen molar-refractivity contribution in [2.75, 3.05) is 26.2 Å². The Labute approximate surface area is 167 Å². The van der Waals surface area contributed by atoms with Crippen molar-refractivity contribution >= 4 is 5.91 Å². The van der Waals surface area contributed by atoms with Gasteiger partial charge in [-0.25, -0.2) is 13.9 Å². The van der Waals surface area contributed by atoms with Gasteiger partial charge in [-0.3, -0.25) is 14.5 Å². The zero-order valence-electron chi connectivity index (χ0n) is 16.1. The average Bonchev–Trinajstić information content (AvgIpc) is 3.22. The van der Waals surface area contributed by atoms with Crippen LogP contribution >= 0.6 is 0 Å². The summed E-state index contributed by atoms with van der Waals surface area (Å²) in [6.45, 7) is 3.49. The Kier molecular flexibility index (Phi) is 5.71. The Morgan fingerprint density at radius 1 is 1.07 bits per heavy atom. The van der Waals surface area contributed by atoms with Gasteiger partial charge in [0.25, 0.3) is 11.5 Å². The third-order valence-corrected chi connectivity index (χ3v) is 6.13. The van der Waals surface area contributed by atoms with Gasteiger partial charge in [0.1, 0.15) is 5.69 Å². The summed E-state index contributed by atoms with van der Waals surface area (Å²) < 4.78 is 27.3. The number of hydrogen-bond acceptors (Lipinski definition) is 4. The summed E-state index contributed by atoms with van der Waals surface area (Å²) in [5, 5.41) is 6.13. The first-order valence-electron chi connectivity index (χ1n) is 10.0. The lowest BCUT2D eigenvalue weighted by atomic mass is 9.83. The predicted molar refractivity (Wildman–Crippen MR) is 103 cm³/mol. The molecule has 0 saturated carbocycles. The number of nitrogens with zero attached hydrogens (tertiary/aromatic N) is 3. The lowest BCUT2D eigenvalue weighted by Gasteiger charge is -2.34. The van der Waals surface area contributed by atoms with Gasteiger partial charge < -0.3 is 4.90 Å². The van der Waals surface area contributed by atoms with E-state index in [1.54, 1.807) is 17.0 Å². The van der Waals surface area contributed by atoms with Gasteiger partial charge in [-0.15, -0.1) is 0 Å². The first-order valence-corrected chi connectivity index (χ1v) is 10.0. The molecule has 1 aromatic carbocycles. The SMILES string of the molecule is O=C(c1ccc(=O)[nH]n1)N1CCC(C2CCN(Cc3cccc(F)c3F)CC2)C1. The summed E-state index contributed by atoms with van der Waals surface area (Å²) in [5.74, 6) is -0.747. The standard InChI is InChI=1S/C21H24F2N4O2/c22-17-3-1-2-16(20(17)23)12-26-9-6-14(7-10-26)15-8-11-27(13-15)21(29)18-4-5-19(28)25-24-18/h1-5,14-15H,6-13H2,(H,25,28). The fourth-order valence-corrected chi connectivity index (χ4v) is 4.48. The van der Waals surface area contributed by atoms with Gasteiger partial charge in [0, 0.05) is 31.3 Å². The third-order valence-electron chi connectivity index (χ3n) is 6.13. The molecule has 2 fully saturated rings. The van der Waals surface area contributed by atoms with Crippen LogP contribution in [0.3, 0.4) is 0 Å². The minimum atomic E-state index is -0.801. The smallest absolute Gasteiger partial charge is 0.274 e. The Morgan fingerprint density at radius 2 is 1.83 bits per heavy atom. The molecule has 1 atom stereocenters. The summed E-state index contributed by atoms with van der Waals surface area (Å²) in [7, 11) is 0. The molecule has 1 N–H and O–H groups in total. The Hall–Kier alpha value is -2.61. The molecule has 0 spiro atoms. The van der Waals surface area contributed by atoms with Crippen LogP contribution in [0.15, 0.2) is 35.1 Å². The van der Waals surface area contributed by atoms with Crippen LogP contribution in [0.5, 0.6) is 0 Å². The van der Waals surface area contributed by atoms with Crippen molar-refractivity contribution in [1.82, 2.24) is 20.0 Å². The minimum Gasteiger partial charge on any atom is -0.337 e. The topological polar surface area (TPSA) is 69.3 Å². The van der Waals surface area contributed by atoms with Gasteiger partial charge in [0.15, 0.2) is 11.6 Å². The van der Waals surface area contributed by atoms with E-state index in [-0.39, 0.29) is 17.2 Å². The number of aromatic nitrogens is 2. The minimum absolute atomic E-state index is 0.150. The van der Waals surface area contributed by atoms with Crippen molar-refractivity contribution in [1.29, 1.82) is 0 Å². The number of piperidine rings is 1. The highest BCUT2D eigenvalue weighted by Crippen LogP contribution is 2.32. The van der Waals surface area contributed by atoms with Crippen LogP contribution < -0.4 is 5.56 Å². The number of rotatable bonds is 4. The number of hydrogen-bond donors (Lipinski definition) is 1. The second kappa shape index (κ2) is 8.41. The molecule has 0 aliphatic carbocycles. The number of H-pyrrole nitrogens is 1. The van der Waals surface area contributed by atoms with Crippen LogP contribution in [-0.4, -0.2) is 52.1 Å². The van der Waals surface area contributed by atoms with Crippen molar-refractivity contribution in [3.8, 4) is 0 Å². The molecular formula is C21H24F2N4O2. The quantitative estimate of drug-likeness (QED) is 0.853. The number of nitrogens with one attached hydrogen (secondary N) is 1. The first kappa shape index (κ1) is 19.7. The molecule has 0 radical (unpaired) electrons. The number of carbonyl (C=O) groups is 1. The Balaban J connectivity index is 1.29. The maximum Gasteiger partial charge on any atom is 0.274 e. The zero-order chi connectivity index (χ0) is 20.4. The second-order valence-corrected chi connectivity index (χ2v) is 7.93. The van der Waals surface area contributed by atoms with E-state index in [0.29, 0.717) is 37.0 Å². The van der Waals surface area contributed by atoms with E-state index in [0.717, 1.165) is 38.4 Å². The molecule has 1 aromatic heterocycles. The maximum absolute atomic E-state index is 13.9. The molecule has 1 amide bonds. The van der Waals surface area contributed by atoms with Crippen LogP contribution in [0.1, 0.15) is 35.3 Å². The highest BCUT2D eigenvalue weighted by molar-refractivity contribution is 5.92. The number of amides is 1. The molecule has 4 rings (SSSR count). The summed E-state index contributed by atoms with van der Waals surface area (Å²) in [6.07, 6.45) is 2.93. The van der Waals surface area contributed by atoms with E-state index in [1.165, 1.54) is 12.1 Å². The summed E-state index contributed by atoms with van der Waals surface area (Å²) in [5.41, 5.74) is 0.331. The molecule has 2 aromatic rings. The molecule has 2 aliphatic heterocycles. The largest absolute Gasteiger partial charge is 0.337 e. The number of likely N-dealkylation sites (tertiary alicyclic amines) is 2. The molecular weight excluding hydrogens is 378 g/mol. The molecule has 154 valence electrons. The van der Waals surface area contributed by atoms with E-state index in [4.69, 9.17) is 0 Å². The monoisotopic (exact) mass is 402 g/mol. The Morgan fingerprint density at radius 3 is 2.55 bits per heavy atom. The van der Waals surface area contributed by atoms with Gasteiger partial charge in [-0.1, -0.05) is 12.1 Å². The predicted octanol–water partition coefficient (Wildman–Crippen LogP) is 2.42. The maximum atomic E-state index is 13.9. The number of carbonyl (C=O) groups excluding carboxylic acids is 1. The van der Waals surface area contributed by atoms with Gasteiger partial charge in [0.2, 0.25) is 0 Å². The number of aromatic amines is 1. The molecule has 6 nitrogen and oxygen atoms in total. The Bertz CT molecular complexity index is 920. The van der Waals surface area contributed by atoms with E-state index in [2.05, 4.69) is 15.1 Å². The highest BCUT2D eigenvalue weighted by Gasteiger charge is 2.34. The van der Waals surface area contributed by atoms with Crippen molar-refractivity contribution < 1.29 is 13.6 Å². The van der Waals surface area contributed by atoms with Crippen LogP contribution in [0.25, 0.3) is 0 Å². The van der Waals surface area contributed by atoms with Crippen molar-refractivity contribution in [3.05, 3.63) is 63.6 Å². The zero-order valence-corrected chi connectivity index (χ0v) is 16.1. The summed E-state index contributed by atoms with van der Waals surface area (Å²) in [4.78, 5) is 27.7. The van der Waals surface area contributed by atoms with Crippen LogP contribution in [-0.2, 0) is 6.54 Å². The molecule has 29 heavy (non-hydrogen) atoms. The molecule has 1 unspecified atom stereocenters. The van der Waals surface area contributed by atoms with E-state index in [1.807, 2.05) is 0 Å². The first-order chi connectivity index (χ1) is 14.0. The molecule has 3 heterocycles. The van der Waals surface area contributed by atoms with Crippen molar-refractivity contribution in [3.63, 3.8) is 0 Å². The second-order valence-electron chi connectivity index (χ2n) is 7.93. The van der Waals surface area contributed by atoms with Crippen molar-refractivity contribution in [2.24, 2.45) is 11.8 Å². The fraction of sp³-hybridized carbons (Fsp3) is 0.476. The fourth-order valence-electron chi connectivity index (χ4n) is 4.48. The third kappa shape index (κ3) is 4.37. The van der Waals surface area contributed by atoms with E-state index < -0.39 is 11.6 Å². The van der Waals surface area contributed by atoms with E-state index >= 15 is 0 Å². The molecule has 8 heteroatoms. The van der Waals surface area contributed by atoms with Gasteiger partial charge in [0.05, 0.1) is 0 Å². The molecule has 2 aliphatic rings. The summed E-state index contributed by atoms with van der Waals surface area (Å²) in [6, 6.07) is 7.09. The highest BCUT2D eigenvalue weighted by atomic mass is 19.2. The van der Waals surface area contributed by atoms with Gasteiger partial charge in [-0.2, -0.15) is 5.10 Å². The number of benzene rings is 1. The van der Waals surface area contributed by atoms with Crippen molar-refractivity contribution in [2.45, 2.75) is 25.8 Å². The van der Waals surface area contributed by atoms with Crippen LogP contribution in [0.2, 0.25) is 0 Å². The van der Waals surface area contributed by atoms with Crippen LogP contribution in [0, 0.1) is 23.5 Å². The van der Waals surface area contributed by atoms with Gasteiger partial charge in [-0.05, 0) is 56.3 Å².